The summed E-state index contributed by atoms with van der Waals surface area (Å²) in [6.45, 7) is 3.63. The van der Waals surface area contributed by atoms with E-state index in [0.717, 1.165) is 11.1 Å². The number of esters is 2. The van der Waals surface area contributed by atoms with Gasteiger partial charge in [0.1, 0.15) is 6.61 Å². The van der Waals surface area contributed by atoms with Gasteiger partial charge in [0.05, 0.1) is 0 Å². The number of cyclic esters (lactones) is 1. The van der Waals surface area contributed by atoms with Crippen LogP contribution in [0.15, 0.2) is 60.7 Å². The predicted molar refractivity (Wildman–Crippen MR) is 94.9 cm³/mol. The second-order valence-electron chi connectivity index (χ2n) is 6.60. The molecule has 136 valence electrons. The van der Waals surface area contributed by atoms with Crippen LogP contribution in [0, 0.1) is 5.92 Å². The lowest BCUT2D eigenvalue weighted by molar-refractivity contribution is -0.226. The summed E-state index contributed by atoms with van der Waals surface area (Å²) in [5.74, 6) is -3.30. The Kier molecular flexibility index (Phi) is 5.38. The second-order valence-corrected chi connectivity index (χ2v) is 6.60. The van der Waals surface area contributed by atoms with Crippen molar-refractivity contribution in [2.24, 2.45) is 5.92 Å². The van der Waals surface area contributed by atoms with Gasteiger partial charge in [0.25, 0.3) is 0 Å². The van der Waals surface area contributed by atoms with Crippen LogP contribution < -0.4 is 0 Å². The van der Waals surface area contributed by atoms with Gasteiger partial charge < -0.3 is 14.2 Å². The molecule has 1 aliphatic rings. The molecule has 0 amide bonds. The standard InChI is InChI=1S/C21H22O5/c1-15(2)21(20(23)24-14-17-11-7-4-8-12-17)25-18(19(22)26-21)13-16-9-5-3-6-10-16/h3-12,15,18H,13-14H2,1-2H3/t18-,21-/m1/s1. The Morgan fingerprint density at radius 2 is 1.62 bits per heavy atom. The van der Waals surface area contributed by atoms with Crippen LogP contribution in [0.1, 0.15) is 25.0 Å². The zero-order valence-corrected chi connectivity index (χ0v) is 14.9. The maximum absolute atomic E-state index is 12.7. The molecule has 1 heterocycles. The molecule has 0 bridgehead atoms. The minimum absolute atomic E-state index is 0.0956. The van der Waals surface area contributed by atoms with Crippen molar-refractivity contribution in [1.29, 1.82) is 0 Å². The van der Waals surface area contributed by atoms with Crippen molar-refractivity contribution in [1.82, 2.24) is 0 Å². The smallest absolute Gasteiger partial charge is 0.380 e. The van der Waals surface area contributed by atoms with Crippen LogP contribution in [-0.2, 0) is 36.8 Å². The van der Waals surface area contributed by atoms with Crippen LogP contribution in [0.3, 0.4) is 0 Å². The fourth-order valence-electron chi connectivity index (χ4n) is 2.85. The topological polar surface area (TPSA) is 61.8 Å². The molecule has 0 spiro atoms. The van der Waals surface area contributed by atoms with Crippen LogP contribution in [-0.4, -0.2) is 23.8 Å². The molecule has 0 aliphatic carbocycles. The number of benzene rings is 2. The van der Waals surface area contributed by atoms with Crippen molar-refractivity contribution in [3.8, 4) is 0 Å². The third-order valence-electron chi connectivity index (χ3n) is 4.35. The summed E-state index contributed by atoms with van der Waals surface area (Å²) in [4.78, 5) is 25.0. The average Bonchev–Trinajstić information content (AvgIpc) is 2.99. The maximum Gasteiger partial charge on any atom is 0.380 e. The Labute approximate surface area is 152 Å². The predicted octanol–water partition coefficient (Wildman–Crippen LogP) is 3.27. The molecule has 0 radical (unpaired) electrons. The Morgan fingerprint density at radius 1 is 1.04 bits per heavy atom. The van der Waals surface area contributed by atoms with Crippen LogP contribution in [0.5, 0.6) is 0 Å². The fraction of sp³-hybridized carbons (Fsp3) is 0.333. The van der Waals surface area contributed by atoms with Gasteiger partial charge in [-0.1, -0.05) is 74.5 Å². The number of carbonyl (C=O) groups excluding carboxylic acids is 2. The average molecular weight is 354 g/mol. The lowest BCUT2D eigenvalue weighted by atomic mass is 10.0. The molecule has 2 aromatic rings. The van der Waals surface area contributed by atoms with Gasteiger partial charge in [0, 0.05) is 12.3 Å². The SMILES string of the molecule is CC(C)[C@]1(C(=O)OCc2ccccc2)OC(=O)[C@@H](Cc2ccccc2)O1. The number of rotatable bonds is 6. The molecule has 2 atom stereocenters. The summed E-state index contributed by atoms with van der Waals surface area (Å²) in [7, 11) is 0. The number of hydrogen-bond acceptors (Lipinski definition) is 5. The first-order valence-electron chi connectivity index (χ1n) is 8.67. The molecule has 1 saturated heterocycles. The van der Waals surface area contributed by atoms with Gasteiger partial charge in [0.2, 0.25) is 0 Å². The minimum atomic E-state index is -1.70. The summed E-state index contributed by atoms with van der Waals surface area (Å²) >= 11 is 0. The maximum atomic E-state index is 12.7. The van der Waals surface area contributed by atoms with Crippen molar-refractivity contribution in [2.45, 2.75) is 38.8 Å². The highest BCUT2D eigenvalue weighted by molar-refractivity contribution is 5.87. The largest absolute Gasteiger partial charge is 0.456 e. The number of carbonyl (C=O) groups is 2. The van der Waals surface area contributed by atoms with E-state index in [1.807, 2.05) is 60.7 Å². The lowest BCUT2D eigenvalue weighted by Crippen LogP contribution is -2.47. The molecule has 0 N–H and O–H groups in total. The van der Waals surface area contributed by atoms with Crippen molar-refractivity contribution >= 4 is 11.9 Å². The van der Waals surface area contributed by atoms with Crippen molar-refractivity contribution < 1.29 is 23.8 Å². The van der Waals surface area contributed by atoms with E-state index in [1.54, 1.807) is 13.8 Å². The van der Waals surface area contributed by atoms with E-state index < -0.39 is 23.8 Å². The molecule has 1 aliphatic heterocycles. The Morgan fingerprint density at radius 3 is 2.19 bits per heavy atom. The number of ether oxygens (including phenoxy) is 3. The van der Waals surface area contributed by atoms with Crippen LogP contribution in [0.25, 0.3) is 0 Å². The van der Waals surface area contributed by atoms with Gasteiger partial charge in [-0.25, -0.2) is 9.59 Å². The van der Waals surface area contributed by atoms with E-state index in [9.17, 15) is 9.59 Å². The summed E-state index contributed by atoms with van der Waals surface area (Å²) in [6.07, 6.45) is -0.482. The zero-order chi connectivity index (χ0) is 18.6. The van der Waals surface area contributed by atoms with E-state index >= 15 is 0 Å². The van der Waals surface area contributed by atoms with Gasteiger partial charge in [-0.3, -0.25) is 0 Å². The van der Waals surface area contributed by atoms with Crippen molar-refractivity contribution in [3.63, 3.8) is 0 Å². The molecular weight excluding hydrogens is 332 g/mol. The normalized spacial score (nSPS) is 22.3. The third-order valence-corrected chi connectivity index (χ3v) is 4.35. The lowest BCUT2D eigenvalue weighted by Gasteiger charge is -2.28. The third kappa shape index (κ3) is 3.78. The molecular formula is C21H22O5. The molecule has 1 fully saturated rings. The summed E-state index contributed by atoms with van der Waals surface area (Å²) in [5, 5.41) is 0. The van der Waals surface area contributed by atoms with Gasteiger partial charge in [-0.05, 0) is 11.1 Å². The highest BCUT2D eigenvalue weighted by atomic mass is 16.8. The summed E-state index contributed by atoms with van der Waals surface area (Å²) < 4.78 is 16.6. The second kappa shape index (κ2) is 7.70. The van der Waals surface area contributed by atoms with E-state index in [0.29, 0.717) is 6.42 Å². The Hall–Kier alpha value is -2.66. The Balaban J connectivity index is 1.71. The molecule has 26 heavy (non-hydrogen) atoms. The van der Waals surface area contributed by atoms with E-state index in [1.165, 1.54) is 0 Å². The van der Waals surface area contributed by atoms with Gasteiger partial charge in [0.15, 0.2) is 6.10 Å². The highest BCUT2D eigenvalue weighted by Crippen LogP contribution is 2.35. The van der Waals surface area contributed by atoms with Crippen molar-refractivity contribution in [3.05, 3.63) is 71.8 Å². The summed E-state index contributed by atoms with van der Waals surface area (Å²) in [5.41, 5.74) is 1.79. The quantitative estimate of drug-likeness (QED) is 0.745. The number of hydrogen-bond donors (Lipinski definition) is 0. The molecule has 0 unspecified atom stereocenters. The highest BCUT2D eigenvalue weighted by Gasteiger charge is 2.57. The molecule has 3 rings (SSSR count). The molecule has 2 aromatic carbocycles. The van der Waals surface area contributed by atoms with Crippen LogP contribution in [0.2, 0.25) is 0 Å². The first-order valence-corrected chi connectivity index (χ1v) is 8.67. The summed E-state index contributed by atoms with van der Waals surface area (Å²) in [6, 6.07) is 18.8. The first kappa shape index (κ1) is 18.1. The van der Waals surface area contributed by atoms with Crippen LogP contribution in [0.4, 0.5) is 0 Å². The van der Waals surface area contributed by atoms with Gasteiger partial charge >= 0.3 is 17.7 Å². The zero-order valence-electron chi connectivity index (χ0n) is 14.9. The van der Waals surface area contributed by atoms with Gasteiger partial charge in [-0.15, -0.1) is 0 Å². The molecule has 5 heteroatoms. The van der Waals surface area contributed by atoms with Gasteiger partial charge in [-0.2, -0.15) is 0 Å². The monoisotopic (exact) mass is 354 g/mol. The fourth-order valence-corrected chi connectivity index (χ4v) is 2.85. The molecule has 5 nitrogen and oxygen atoms in total. The van der Waals surface area contributed by atoms with E-state index in [2.05, 4.69) is 0 Å². The molecule has 0 saturated carbocycles. The van der Waals surface area contributed by atoms with Crippen LogP contribution >= 0.6 is 0 Å². The van der Waals surface area contributed by atoms with E-state index in [4.69, 9.17) is 14.2 Å². The molecule has 0 aromatic heterocycles. The Bertz CT molecular complexity index is 756. The minimum Gasteiger partial charge on any atom is -0.456 e. The van der Waals surface area contributed by atoms with Crippen molar-refractivity contribution in [2.75, 3.05) is 0 Å². The van der Waals surface area contributed by atoms with E-state index in [-0.39, 0.29) is 12.5 Å². The first-order chi connectivity index (χ1) is 12.5.